The molecule has 0 saturated heterocycles. The first-order valence-corrected chi connectivity index (χ1v) is 26.3. The van der Waals surface area contributed by atoms with Gasteiger partial charge < -0.3 is 14.5 Å². The Balaban J connectivity index is 1.04. The molecule has 0 atom stereocenters. The van der Waals surface area contributed by atoms with Crippen molar-refractivity contribution in [3.05, 3.63) is 216 Å². The molecule has 0 unspecified atom stereocenters. The summed E-state index contributed by atoms with van der Waals surface area (Å²) in [7, 11) is 0. The molecule has 0 N–H and O–H groups in total. The Labute approximate surface area is 468 Å². The summed E-state index contributed by atoms with van der Waals surface area (Å²) in [5, 5.41) is 0.970. The van der Waals surface area contributed by atoms with E-state index < -0.39 is 19.1 Å². The van der Waals surface area contributed by atoms with Gasteiger partial charge in [-0.15, -0.1) is 0 Å². The minimum Gasteiger partial charge on any atom is -0.457 e. The molecule has 12 rings (SSSR count). The van der Waals surface area contributed by atoms with Crippen LogP contribution in [0.4, 0.5) is 22.7 Å². The van der Waals surface area contributed by atoms with Crippen LogP contribution in [-0.2, 0) is 22.6 Å². The molecule has 0 amide bonds. The molecule has 0 radical (unpaired) electrons. The van der Waals surface area contributed by atoms with Crippen LogP contribution in [0.5, 0.6) is 11.5 Å². The highest BCUT2D eigenvalue weighted by atomic mass is 16.5. The maximum atomic E-state index is 9.97. The fraction of sp³-hybridized carbons (Fsp3) is 0.254. The normalized spacial score (nSPS) is 17.7. The molecule has 5 heteroatoms. The van der Waals surface area contributed by atoms with Crippen molar-refractivity contribution < 1.29 is 22.6 Å². The number of benzene rings is 8. The van der Waals surface area contributed by atoms with Gasteiger partial charge in [-0.05, 0) is 159 Å². The Morgan fingerprint density at radius 1 is 0.632 bits per heavy atom. The van der Waals surface area contributed by atoms with Crippen LogP contribution in [-0.4, -0.2) is 16.2 Å². The Morgan fingerprint density at radius 2 is 1.34 bits per heavy atom. The predicted molar refractivity (Wildman–Crippen MR) is 321 cm³/mol. The maximum absolute atomic E-state index is 9.97. The minimum atomic E-state index is -2.49. The van der Waals surface area contributed by atoms with Crippen LogP contribution in [0.25, 0.3) is 61.0 Å². The zero-order valence-electron chi connectivity index (χ0n) is 57.7. The third-order valence-corrected chi connectivity index (χ3v) is 15.4. The van der Waals surface area contributed by atoms with E-state index in [2.05, 4.69) is 76.5 Å². The second-order valence-corrected chi connectivity index (χ2v) is 23.1. The summed E-state index contributed by atoms with van der Waals surface area (Å²) in [5.41, 5.74) is 8.65. The molecule has 5 nitrogen and oxygen atoms in total. The smallest absolute Gasteiger partial charge is 0.137 e. The van der Waals surface area contributed by atoms with Crippen LogP contribution in [0.1, 0.15) is 121 Å². The van der Waals surface area contributed by atoms with Gasteiger partial charge in [-0.1, -0.05) is 171 Å². The minimum absolute atomic E-state index is 0.00330. The van der Waals surface area contributed by atoms with Crippen molar-refractivity contribution in [2.75, 3.05) is 16.5 Å². The number of hydrogen-bond donors (Lipinski definition) is 0. The monoisotopic (exact) mass is 1010 g/mol. The largest absolute Gasteiger partial charge is 0.457 e. The van der Waals surface area contributed by atoms with Gasteiger partial charge in [0, 0.05) is 52.8 Å². The number of hydrogen-bond acceptors (Lipinski definition) is 4. The Morgan fingerprint density at radius 3 is 2.11 bits per heavy atom. The van der Waals surface area contributed by atoms with Gasteiger partial charge in [-0.25, -0.2) is 4.98 Å². The van der Waals surface area contributed by atoms with Crippen LogP contribution < -0.4 is 14.5 Å². The lowest BCUT2D eigenvalue weighted by atomic mass is 9.63. The van der Waals surface area contributed by atoms with Gasteiger partial charge in [0.15, 0.2) is 0 Å². The lowest BCUT2D eigenvalue weighted by Gasteiger charge is -2.42. The van der Waals surface area contributed by atoms with Gasteiger partial charge in [0.05, 0.1) is 39.1 Å². The van der Waals surface area contributed by atoms with Crippen LogP contribution >= 0.6 is 0 Å². The van der Waals surface area contributed by atoms with Gasteiger partial charge in [-0.3, -0.25) is 4.57 Å². The molecule has 0 fully saturated rings. The summed E-state index contributed by atoms with van der Waals surface area (Å²) in [5.74, 6) is 0.883. The zero-order valence-corrected chi connectivity index (χ0v) is 44.7. The van der Waals surface area contributed by atoms with Crippen LogP contribution in [0, 0.1) is 12.8 Å². The van der Waals surface area contributed by atoms with Crippen molar-refractivity contribution in [2.45, 2.75) is 105 Å². The van der Waals surface area contributed by atoms with Gasteiger partial charge in [0.2, 0.25) is 0 Å². The fourth-order valence-electron chi connectivity index (χ4n) is 11.3. The predicted octanol–water partition coefficient (Wildman–Crippen LogP) is 19.4. The number of nitrogens with zero attached hydrogens (tertiary/aromatic N) is 4. The summed E-state index contributed by atoms with van der Waals surface area (Å²) < 4.78 is 127. The molecule has 8 aromatic carbocycles. The molecule has 380 valence electrons. The molecule has 76 heavy (non-hydrogen) atoms. The lowest BCUT2D eigenvalue weighted by molar-refractivity contribution is 0.332. The first-order chi connectivity index (χ1) is 41.8. The van der Waals surface area contributed by atoms with E-state index in [1.807, 2.05) is 92.7 Å². The van der Waals surface area contributed by atoms with E-state index in [0.717, 1.165) is 41.0 Å². The van der Waals surface area contributed by atoms with E-state index in [1.54, 1.807) is 35.0 Å². The molecule has 2 aliphatic rings. The highest BCUT2D eigenvalue weighted by Gasteiger charge is 2.38. The number of para-hydroxylation sites is 3. The molecule has 1 aliphatic heterocycles. The van der Waals surface area contributed by atoms with Gasteiger partial charge in [0.25, 0.3) is 0 Å². The first-order valence-electron chi connectivity index (χ1n) is 32.8. The molecule has 0 spiro atoms. The average Bonchev–Trinajstić information content (AvgIpc) is 1.70. The average molecular weight is 1010 g/mol. The number of rotatable bonds is 10. The molecule has 2 aromatic heterocycles. The quantitative estimate of drug-likeness (QED) is 0.137. The zero-order chi connectivity index (χ0) is 63.9. The summed E-state index contributed by atoms with van der Waals surface area (Å²) in [6, 6.07) is 38.4. The molecule has 0 bridgehead atoms. The topological polar surface area (TPSA) is 33.5 Å². The molecular weight excluding hydrogens is 925 g/mol. The Bertz CT molecular complexity index is 4530. The highest BCUT2D eigenvalue weighted by Crippen LogP contribution is 2.53. The van der Waals surface area contributed by atoms with E-state index in [1.165, 1.54) is 23.3 Å². The van der Waals surface area contributed by atoms with Crippen molar-refractivity contribution in [3.8, 4) is 50.7 Å². The summed E-state index contributed by atoms with van der Waals surface area (Å²) in [6.07, 6.45) is 1.70. The van der Waals surface area contributed by atoms with E-state index in [0.29, 0.717) is 55.9 Å². The Hall–Kier alpha value is -7.89. The van der Waals surface area contributed by atoms with Crippen molar-refractivity contribution in [2.24, 2.45) is 5.92 Å². The summed E-state index contributed by atoms with van der Waals surface area (Å²) in [6.45, 7) is 16.6. The van der Waals surface area contributed by atoms with Crippen LogP contribution in [0.2, 0.25) is 0 Å². The first kappa shape index (κ1) is 36.2. The third kappa shape index (κ3) is 8.93. The summed E-state index contributed by atoms with van der Waals surface area (Å²) >= 11 is 0. The van der Waals surface area contributed by atoms with E-state index in [9.17, 15) is 8.22 Å². The SMILES string of the molecule is [2H]c1c([2H])c(-c2cc(C([2H])([2H])C(C)C)cc(-c3ccc4c(c3)C(C)(C)CCC4(C)C)c2N2CN(c3cccc(Oc4ccc5c6c([2H])c([2H])c([2H])c([2H])c6n(-c6cc(C(C)(C)C)ccn6)c5c4)c3)c3ccccc32)c([2H])c([2H])c1-c1cccc(C([2H])([2H])[2H])c1. The number of aryl methyl sites for hydroxylation is 1. The molecular formula is C71H70N4O. The number of anilines is 4. The highest BCUT2D eigenvalue weighted by molar-refractivity contribution is 6.09. The fourth-order valence-corrected chi connectivity index (χ4v) is 11.3. The standard InChI is InChI=1S/C71H70N4O/c1-46(2)37-48-39-59(50-27-25-49(26-28-50)51-18-15-17-47(3)38-51)68(60(40-48)52-29-32-61-62(41-52)71(9,10)35-34-70(61,7)8)74-45-73(64-23-13-14-24-65(64)74)54-19-16-20-55(43-54)76-56-30-31-58-57-21-11-12-22-63(57)75(66(58)44-56)67-42-53(33-36-72-67)69(4,5)6/h11-33,36,38-44,46H,34-35,37,45H2,1-10H3/i3D3,11D,12D,21D,22D,25D,26D,27D,28D,37D2. The van der Waals surface area contributed by atoms with Gasteiger partial charge in [-0.2, -0.15) is 0 Å². The molecule has 1 aliphatic carbocycles. The van der Waals surface area contributed by atoms with Crippen molar-refractivity contribution in [1.29, 1.82) is 0 Å². The number of aromatic nitrogens is 2. The molecule has 10 aromatic rings. The van der Waals surface area contributed by atoms with Gasteiger partial charge >= 0.3 is 0 Å². The maximum Gasteiger partial charge on any atom is 0.137 e. The van der Waals surface area contributed by atoms with E-state index in [-0.39, 0.29) is 99.1 Å². The lowest BCUT2D eigenvalue weighted by Crippen LogP contribution is -2.33. The second kappa shape index (κ2) is 18.7. The number of fused-ring (bicyclic) bond motifs is 5. The van der Waals surface area contributed by atoms with E-state index >= 15 is 0 Å². The molecule has 3 heterocycles. The van der Waals surface area contributed by atoms with Crippen molar-refractivity contribution >= 4 is 44.6 Å². The third-order valence-electron chi connectivity index (χ3n) is 15.4. The number of ether oxygens (including phenoxy) is 1. The second-order valence-electron chi connectivity index (χ2n) is 23.1. The van der Waals surface area contributed by atoms with Crippen molar-refractivity contribution in [3.63, 3.8) is 0 Å². The van der Waals surface area contributed by atoms with Gasteiger partial charge in [0.1, 0.15) is 24.0 Å². The van der Waals surface area contributed by atoms with Crippen molar-refractivity contribution in [1.82, 2.24) is 9.55 Å². The number of pyridine rings is 1. The van der Waals surface area contributed by atoms with Crippen LogP contribution in [0.15, 0.2) is 188 Å². The summed E-state index contributed by atoms with van der Waals surface area (Å²) in [4.78, 5) is 9.00. The Kier molecular flexibility index (Phi) is 8.91. The van der Waals surface area contributed by atoms with E-state index in [4.69, 9.17) is 19.3 Å². The molecule has 0 saturated carbocycles. The van der Waals surface area contributed by atoms with Crippen LogP contribution in [0.3, 0.4) is 0 Å².